The summed E-state index contributed by atoms with van der Waals surface area (Å²) < 4.78 is 33.9. The van der Waals surface area contributed by atoms with E-state index < -0.39 is 11.6 Å². The quantitative estimate of drug-likeness (QED) is 0.435. The van der Waals surface area contributed by atoms with Crippen LogP contribution < -0.4 is 10.1 Å². The number of nitrogens with zero attached hydrogens (tertiary/aromatic N) is 1. The Bertz CT molecular complexity index is 1120. The molecule has 6 heteroatoms. The summed E-state index contributed by atoms with van der Waals surface area (Å²) in [5, 5.41) is 4.34. The highest BCUT2D eigenvalue weighted by molar-refractivity contribution is 5.86. The molecule has 0 saturated heterocycles. The fourth-order valence-corrected chi connectivity index (χ4v) is 3.35. The van der Waals surface area contributed by atoms with Crippen molar-refractivity contribution >= 4 is 10.9 Å². The number of nitrogens with one attached hydrogen (secondary N) is 2. The Morgan fingerprint density at radius 1 is 1.03 bits per heavy atom. The van der Waals surface area contributed by atoms with Crippen LogP contribution in [0.2, 0.25) is 0 Å². The fourth-order valence-electron chi connectivity index (χ4n) is 3.35. The van der Waals surface area contributed by atoms with Crippen molar-refractivity contribution in [1.82, 2.24) is 15.3 Å². The van der Waals surface area contributed by atoms with Gasteiger partial charge in [0.25, 0.3) is 0 Å². The summed E-state index contributed by atoms with van der Waals surface area (Å²) in [6, 6.07) is 13.6. The first-order valence-electron chi connectivity index (χ1n) is 9.42. The maximum absolute atomic E-state index is 14.0. The second-order valence-electron chi connectivity index (χ2n) is 6.87. The van der Waals surface area contributed by atoms with E-state index in [-0.39, 0.29) is 5.56 Å². The molecule has 0 aliphatic carbocycles. The van der Waals surface area contributed by atoms with E-state index >= 15 is 0 Å². The lowest BCUT2D eigenvalue weighted by atomic mass is 10.0. The zero-order chi connectivity index (χ0) is 20.2. The topological polar surface area (TPSA) is 49.9 Å². The Kier molecular flexibility index (Phi) is 5.53. The van der Waals surface area contributed by atoms with E-state index in [0.29, 0.717) is 25.3 Å². The largest absolute Gasteiger partial charge is 0.492 e. The predicted octanol–water partition coefficient (Wildman–Crippen LogP) is 4.99. The Hall–Kier alpha value is -3.25. The predicted molar refractivity (Wildman–Crippen MR) is 110 cm³/mol. The first-order chi connectivity index (χ1) is 14.1. The molecule has 0 radical (unpaired) electrons. The third-order valence-corrected chi connectivity index (χ3v) is 4.67. The molecule has 2 aromatic carbocycles. The summed E-state index contributed by atoms with van der Waals surface area (Å²) in [4.78, 5) is 7.41. The van der Waals surface area contributed by atoms with Gasteiger partial charge in [-0.05, 0) is 48.9 Å². The molecule has 0 amide bonds. The second-order valence-corrected chi connectivity index (χ2v) is 6.87. The molecule has 2 N–H and O–H groups in total. The van der Waals surface area contributed by atoms with Gasteiger partial charge in [0.2, 0.25) is 0 Å². The SMILES string of the molecule is Cc1cc2c(OCCNCc3cncc(-c4c(F)cccc4F)c3)cccc2[nH]1. The van der Waals surface area contributed by atoms with Crippen LogP contribution in [0.5, 0.6) is 5.75 Å². The third-order valence-electron chi connectivity index (χ3n) is 4.67. The van der Waals surface area contributed by atoms with Gasteiger partial charge in [0, 0.05) is 47.6 Å². The highest BCUT2D eigenvalue weighted by atomic mass is 19.1. The van der Waals surface area contributed by atoms with Gasteiger partial charge < -0.3 is 15.0 Å². The summed E-state index contributed by atoms with van der Waals surface area (Å²) in [6.45, 7) is 3.66. The lowest BCUT2D eigenvalue weighted by Crippen LogP contribution is -2.20. The molecule has 2 heterocycles. The number of hydrogen-bond donors (Lipinski definition) is 2. The zero-order valence-corrected chi connectivity index (χ0v) is 16.0. The van der Waals surface area contributed by atoms with Crippen molar-refractivity contribution in [2.75, 3.05) is 13.2 Å². The van der Waals surface area contributed by atoms with Crippen molar-refractivity contribution in [2.24, 2.45) is 0 Å². The first-order valence-corrected chi connectivity index (χ1v) is 9.42. The van der Waals surface area contributed by atoms with Crippen molar-refractivity contribution in [1.29, 1.82) is 0 Å². The standard InChI is InChI=1S/C23H21F2N3O/c1-15-10-18-21(28-15)6-3-7-22(18)29-9-8-26-12-16-11-17(14-27-13-16)23-19(24)4-2-5-20(23)25/h2-7,10-11,13-14,26,28H,8-9,12H2,1H3. The molecule has 0 fully saturated rings. The van der Waals surface area contributed by atoms with E-state index in [1.165, 1.54) is 24.4 Å². The molecule has 0 saturated carbocycles. The molecule has 0 atom stereocenters. The van der Waals surface area contributed by atoms with Crippen molar-refractivity contribution in [3.63, 3.8) is 0 Å². The van der Waals surface area contributed by atoms with Crippen molar-refractivity contribution in [2.45, 2.75) is 13.5 Å². The number of halogens is 2. The van der Waals surface area contributed by atoms with Crippen LogP contribution in [-0.2, 0) is 6.54 Å². The van der Waals surface area contributed by atoms with Gasteiger partial charge in [-0.15, -0.1) is 0 Å². The van der Waals surface area contributed by atoms with E-state index in [0.717, 1.165) is 27.9 Å². The highest BCUT2D eigenvalue weighted by Gasteiger charge is 2.11. The van der Waals surface area contributed by atoms with E-state index in [1.807, 2.05) is 25.1 Å². The summed E-state index contributed by atoms with van der Waals surface area (Å²) in [5.74, 6) is -0.355. The molecular formula is C23H21F2N3O. The van der Waals surface area contributed by atoms with Gasteiger partial charge in [-0.2, -0.15) is 0 Å². The normalized spacial score (nSPS) is 11.1. The Morgan fingerprint density at radius 2 is 1.83 bits per heavy atom. The van der Waals surface area contributed by atoms with Crippen LogP contribution in [0.1, 0.15) is 11.3 Å². The average Bonchev–Trinajstić information content (AvgIpc) is 3.09. The third kappa shape index (κ3) is 4.27. The number of hydrogen-bond acceptors (Lipinski definition) is 3. The number of aromatic amines is 1. The number of aryl methyl sites for hydroxylation is 1. The van der Waals surface area contributed by atoms with Crippen molar-refractivity contribution in [3.8, 4) is 16.9 Å². The maximum atomic E-state index is 14.0. The number of H-pyrrole nitrogens is 1. The molecule has 0 spiro atoms. The molecule has 4 nitrogen and oxygen atoms in total. The van der Waals surface area contributed by atoms with Crippen LogP contribution in [0.25, 0.3) is 22.0 Å². The summed E-state index contributed by atoms with van der Waals surface area (Å²) in [5.41, 5.74) is 3.35. The van der Waals surface area contributed by atoms with E-state index in [4.69, 9.17) is 4.74 Å². The van der Waals surface area contributed by atoms with Crippen LogP contribution >= 0.6 is 0 Å². The molecule has 29 heavy (non-hydrogen) atoms. The van der Waals surface area contributed by atoms with E-state index in [2.05, 4.69) is 21.4 Å². The molecule has 148 valence electrons. The number of benzene rings is 2. The van der Waals surface area contributed by atoms with Gasteiger partial charge in [-0.3, -0.25) is 4.98 Å². The molecule has 0 aliphatic rings. The Balaban J connectivity index is 1.34. The summed E-state index contributed by atoms with van der Waals surface area (Å²) in [6.07, 6.45) is 3.15. The van der Waals surface area contributed by atoms with Crippen LogP contribution in [0, 0.1) is 18.6 Å². The fraction of sp³-hybridized carbons (Fsp3) is 0.174. The van der Waals surface area contributed by atoms with Gasteiger partial charge in [-0.1, -0.05) is 12.1 Å². The number of ether oxygens (including phenoxy) is 1. The van der Waals surface area contributed by atoms with Gasteiger partial charge in [0.15, 0.2) is 0 Å². The molecule has 4 rings (SSSR count). The zero-order valence-electron chi connectivity index (χ0n) is 16.0. The molecule has 2 aromatic heterocycles. The minimum absolute atomic E-state index is 0.0555. The van der Waals surface area contributed by atoms with Crippen molar-refractivity contribution in [3.05, 3.63) is 83.8 Å². The summed E-state index contributed by atoms with van der Waals surface area (Å²) >= 11 is 0. The van der Waals surface area contributed by atoms with Gasteiger partial charge in [-0.25, -0.2) is 8.78 Å². The molecule has 0 aliphatic heterocycles. The minimum atomic E-state index is -0.598. The van der Waals surface area contributed by atoms with Gasteiger partial charge in [0.05, 0.1) is 5.56 Å². The first kappa shape index (κ1) is 19.1. The lowest BCUT2D eigenvalue weighted by Gasteiger charge is -2.10. The smallest absolute Gasteiger partial charge is 0.134 e. The lowest BCUT2D eigenvalue weighted by molar-refractivity contribution is 0.317. The van der Waals surface area contributed by atoms with E-state index in [9.17, 15) is 8.78 Å². The summed E-state index contributed by atoms with van der Waals surface area (Å²) in [7, 11) is 0. The van der Waals surface area contributed by atoms with Crippen molar-refractivity contribution < 1.29 is 13.5 Å². The van der Waals surface area contributed by atoms with Crippen LogP contribution in [0.15, 0.2) is 60.9 Å². The second kappa shape index (κ2) is 8.41. The number of fused-ring (bicyclic) bond motifs is 1. The maximum Gasteiger partial charge on any atom is 0.134 e. The van der Waals surface area contributed by atoms with E-state index in [1.54, 1.807) is 12.3 Å². The van der Waals surface area contributed by atoms with Crippen LogP contribution in [-0.4, -0.2) is 23.1 Å². The number of rotatable bonds is 7. The molecule has 0 unspecified atom stereocenters. The number of pyridine rings is 1. The van der Waals surface area contributed by atoms with Gasteiger partial charge in [0.1, 0.15) is 24.0 Å². The van der Waals surface area contributed by atoms with Crippen LogP contribution in [0.3, 0.4) is 0 Å². The monoisotopic (exact) mass is 393 g/mol. The highest BCUT2D eigenvalue weighted by Crippen LogP contribution is 2.27. The average molecular weight is 393 g/mol. The molecular weight excluding hydrogens is 372 g/mol. The Morgan fingerprint density at radius 3 is 2.66 bits per heavy atom. The molecule has 0 bridgehead atoms. The minimum Gasteiger partial charge on any atom is -0.492 e. The number of aromatic nitrogens is 2. The van der Waals surface area contributed by atoms with Crippen LogP contribution in [0.4, 0.5) is 8.78 Å². The Labute approximate surface area is 167 Å². The van der Waals surface area contributed by atoms with Gasteiger partial charge >= 0.3 is 0 Å². The molecule has 4 aromatic rings.